The Morgan fingerprint density at radius 1 is 1.48 bits per heavy atom. The smallest absolute Gasteiger partial charge is 0.330 e. The highest BCUT2D eigenvalue weighted by Gasteiger charge is 2.43. The van der Waals surface area contributed by atoms with E-state index < -0.39 is 35.9 Å². The third-order valence-corrected chi connectivity index (χ3v) is 4.31. The van der Waals surface area contributed by atoms with E-state index in [2.05, 4.69) is 0 Å². The summed E-state index contributed by atoms with van der Waals surface area (Å²) in [6.07, 6.45) is 1.48. The average Bonchev–Trinajstić information content (AvgIpc) is 3.11. The Morgan fingerprint density at radius 2 is 2.22 bits per heavy atom. The lowest BCUT2D eigenvalue weighted by molar-refractivity contribution is -0.156. The Morgan fingerprint density at radius 3 is 2.78 bits per heavy atom. The molecule has 0 unspecified atom stereocenters. The summed E-state index contributed by atoms with van der Waals surface area (Å²) < 4.78 is 10.1. The van der Waals surface area contributed by atoms with Gasteiger partial charge in [0.15, 0.2) is 6.61 Å². The first-order valence-electron chi connectivity index (χ1n) is 6.60. The topological polar surface area (TPSA) is 132 Å². The van der Waals surface area contributed by atoms with Crippen LogP contribution in [0.1, 0.15) is 18.1 Å². The molecule has 1 aromatic heterocycles. The maximum Gasteiger partial charge on any atom is 0.330 e. The van der Waals surface area contributed by atoms with Crippen molar-refractivity contribution in [2.24, 2.45) is 5.73 Å². The molecule has 1 aliphatic heterocycles. The number of nitrogens with zero attached hydrogens (tertiary/aromatic N) is 1. The molecule has 3 N–H and O–H groups in total. The fraction of sp³-hybridized carbons (Fsp3) is 0.385. The molecule has 1 saturated heterocycles. The van der Waals surface area contributed by atoms with E-state index in [1.165, 1.54) is 29.8 Å². The fourth-order valence-electron chi connectivity index (χ4n) is 2.13. The molecule has 2 rings (SSSR count). The first-order chi connectivity index (χ1) is 10.9. The number of urea groups is 1. The van der Waals surface area contributed by atoms with E-state index in [9.17, 15) is 19.2 Å². The van der Waals surface area contributed by atoms with Gasteiger partial charge in [-0.25, -0.2) is 9.59 Å². The SMILES string of the molecule is CC(=O)N1[C@H](C(=O)OCC(=O)NC(N)=O)CS[C@H]1c1ccco1. The van der Waals surface area contributed by atoms with Gasteiger partial charge in [0.05, 0.1) is 6.26 Å². The lowest BCUT2D eigenvalue weighted by atomic mass is 10.2. The molecule has 0 radical (unpaired) electrons. The highest BCUT2D eigenvalue weighted by molar-refractivity contribution is 7.99. The monoisotopic (exact) mass is 341 g/mol. The molecule has 4 amide bonds. The molecule has 23 heavy (non-hydrogen) atoms. The average molecular weight is 341 g/mol. The predicted octanol–water partition coefficient (Wildman–Crippen LogP) is -0.0198. The van der Waals surface area contributed by atoms with Crippen molar-refractivity contribution in [2.45, 2.75) is 18.3 Å². The molecule has 2 atom stereocenters. The van der Waals surface area contributed by atoms with E-state index in [4.69, 9.17) is 14.9 Å². The fourth-order valence-corrected chi connectivity index (χ4v) is 3.55. The van der Waals surface area contributed by atoms with Gasteiger partial charge in [-0.1, -0.05) is 0 Å². The van der Waals surface area contributed by atoms with Gasteiger partial charge in [-0.2, -0.15) is 0 Å². The van der Waals surface area contributed by atoms with Crippen LogP contribution in [0.5, 0.6) is 0 Å². The molecule has 0 spiro atoms. The highest BCUT2D eigenvalue weighted by atomic mass is 32.2. The van der Waals surface area contributed by atoms with E-state index in [1.54, 1.807) is 17.4 Å². The van der Waals surface area contributed by atoms with Crippen LogP contribution in [0.3, 0.4) is 0 Å². The van der Waals surface area contributed by atoms with Crippen molar-refractivity contribution < 1.29 is 28.3 Å². The number of furan rings is 1. The minimum atomic E-state index is -1.04. The number of primary amides is 1. The van der Waals surface area contributed by atoms with Gasteiger partial charge in [-0.3, -0.25) is 14.9 Å². The number of thioether (sulfide) groups is 1. The summed E-state index contributed by atoms with van der Waals surface area (Å²) in [6.45, 7) is 0.683. The number of hydrogen-bond acceptors (Lipinski definition) is 7. The molecule has 124 valence electrons. The summed E-state index contributed by atoms with van der Waals surface area (Å²) in [7, 11) is 0. The zero-order valence-corrected chi connectivity index (χ0v) is 13.0. The number of carbonyl (C=O) groups is 4. The molecule has 0 bridgehead atoms. The minimum absolute atomic E-state index is 0.307. The molecule has 2 heterocycles. The predicted molar refractivity (Wildman–Crippen MR) is 78.9 cm³/mol. The van der Waals surface area contributed by atoms with Crippen molar-refractivity contribution in [1.29, 1.82) is 0 Å². The molecule has 1 fully saturated rings. The molecule has 1 aromatic rings. The van der Waals surface area contributed by atoms with Gasteiger partial charge in [-0.15, -0.1) is 11.8 Å². The van der Waals surface area contributed by atoms with Crippen LogP contribution in [0.2, 0.25) is 0 Å². The number of ether oxygens (including phenoxy) is 1. The Kier molecular flexibility index (Phi) is 5.27. The highest BCUT2D eigenvalue weighted by Crippen LogP contribution is 2.41. The lowest BCUT2D eigenvalue weighted by Gasteiger charge is -2.25. The van der Waals surface area contributed by atoms with Crippen LogP contribution in [0, 0.1) is 0 Å². The summed E-state index contributed by atoms with van der Waals surface area (Å²) in [5, 5.41) is 1.34. The number of rotatable bonds is 4. The summed E-state index contributed by atoms with van der Waals surface area (Å²) in [6, 6.07) is 1.52. The third-order valence-electron chi connectivity index (χ3n) is 3.03. The van der Waals surface area contributed by atoms with E-state index in [0.717, 1.165) is 0 Å². The van der Waals surface area contributed by atoms with Crippen LogP contribution in [-0.2, 0) is 19.1 Å². The van der Waals surface area contributed by atoms with Crippen molar-refractivity contribution in [3.05, 3.63) is 24.2 Å². The van der Waals surface area contributed by atoms with E-state index >= 15 is 0 Å². The van der Waals surface area contributed by atoms with Crippen molar-refractivity contribution >= 4 is 35.6 Å². The summed E-state index contributed by atoms with van der Waals surface area (Å²) in [5.41, 5.74) is 4.78. The second kappa shape index (κ2) is 7.18. The molecule has 0 aromatic carbocycles. The Labute approximate surface area is 135 Å². The first kappa shape index (κ1) is 16.9. The molecule has 0 saturated carbocycles. The van der Waals surface area contributed by atoms with E-state index in [-0.39, 0.29) is 5.91 Å². The standard InChI is InChI=1S/C13H15N3O6S/c1-7(17)16-8(6-23-11(16)9-3-2-4-21-9)12(19)22-5-10(18)15-13(14)20/h2-4,8,11H,5-6H2,1H3,(H3,14,15,18,20)/t8-,11-/m0/s1. The number of amides is 4. The number of esters is 1. The number of nitrogens with two attached hydrogens (primary N) is 1. The van der Waals surface area contributed by atoms with Crippen LogP contribution in [0.25, 0.3) is 0 Å². The van der Waals surface area contributed by atoms with Crippen molar-refractivity contribution in [2.75, 3.05) is 12.4 Å². The van der Waals surface area contributed by atoms with Crippen LogP contribution in [0.15, 0.2) is 22.8 Å². The maximum atomic E-state index is 12.1. The van der Waals surface area contributed by atoms with Crippen LogP contribution in [-0.4, -0.2) is 47.1 Å². The van der Waals surface area contributed by atoms with Gasteiger partial charge in [-0.05, 0) is 12.1 Å². The second-order valence-corrected chi connectivity index (χ2v) is 5.78. The minimum Gasteiger partial charge on any atom is -0.466 e. The van der Waals surface area contributed by atoms with Gasteiger partial charge in [0, 0.05) is 12.7 Å². The van der Waals surface area contributed by atoms with Gasteiger partial charge in [0.2, 0.25) is 5.91 Å². The first-order valence-corrected chi connectivity index (χ1v) is 7.65. The van der Waals surface area contributed by atoms with Gasteiger partial charge in [0.25, 0.3) is 5.91 Å². The number of hydrogen-bond donors (Lipinski definition) is 2. The number of carbonyl (C=O) groups excluding carboxylic acids is 4. The zero-order valence-electron chi connectivity index (χ0n) is 12.2. The van der Waals surface area contributed by atoms with Gasteiger partial charge < -0.3 is 19.8 Å². The maximum absolute atomic E-state index is 12.1. The Balaban J connectivity index is 2.01. The second-order valence-electron chi connectivity index (χ2n) is 4.66. The molecule has 0 aliphatic carbocycles. The quantitative estimate of drug-likeness (QED) is 0.735. The molecular weight excluding hydrogens is 326 g/mol. The number of nitrogens with one attached hydrogen (secondary N) is 1. The summed E-state index contributed by atoms with van der Waals surface area (Å²) in [5.74, 6) is -1.04. The van der Waals surface area contributed by atoms with Crippen LogP contribution in [0.4, 0.5) is 4.79 Å². The Hall–Kier alpha value is -2.49. The summed E-state index contributed by atoms with van der Waals surface area (Å²) >= 11 is 1.35. The van der Waals surface area contributed by atoms with Gasteiger partial charge in [0.1, 0.15) is 17.2 Å². The largest absolute Gasteiger partial charge is 0.466 e. The third kappa shape index (κ3) is 4.03. The van der Waals surface area contributed by atoms with Gasteiger partial charge >= 0.3 is 12.0 Å². The van der Waals surface area contributed by atoms with Crippen molar-refractivity contribution in [3.63, 3.8) is 0 Å². The zero-order chi connectivity index (χ0) is 17.0. The van der Waals surface area contributed by atoms with Crippen LogP contribution < -0.4 is 11.1 Å². The molecular formula is C13H15N3O6S. The lowest BCUT2D eigenvalue weighted by Crippen LogP contribution is -2.44. The van der Waals surface area contributed by atoms with E-state index in [0.29, 0.717) is 11.5 Å². The Bertz CT molecular complexity index is 617. The summed E-state index contributed by atoms with van der Waals surface area (Å²) in [4.78, 5) is 47.1. The molecule has 1 aliphatic rings. The molecule has 10 heteroatoms. The van der Waals surface area contributed by atoms with Crippen molar-refractivity contribution in [3.8, 4) is 0 Å². The van der Waals surface area contributed by atoms with Crippen LogP contribution >= 0.6 is 11.8 Å². The molecule has 9 nitrogen and oxygen atoms in total. The number of imide groups is 1. The normalized spacial score (nSPS) is 20.1. The van der Waals surface area contributed by atoms with Crippen molar-refractivity contribution in [1.82, 2.24) is 10.2 Å². The van der Waals surface area contributed by atoms with E-state index in [1.807, 2.05) is 0 Å².